The summed E-state index contributed by atoms with van der Waals surface area (Å²) in [4.78, 5) is 0. The van der Waals surface area contributed by atoms with Crippen LogP contribution in [0.25, 0.3) is 12.2 Å². The number of rotatable bonds is 3. The molecule has 0 saturated heterocycles. The zero-order chi connectivity index (χ0) is 11.1. The fourth-order valence-corrected chi connectivity index (χ4v) is 1.46. The number of allylic oxidation sites excluding steroid dienone is 2. The van der Waals surface area contributed by atoms with Crippen molar-refractivity contribution < 1.29 is 26.2 Å². The Bertz CT molecular complexity index is 422. The molecule has 82 valence electrons. The largest absolute Gasteiger partial charge is 0.0622 e. The van der Waals surface area contributed by atoms with Crippen molar-refractivity contribution in [2.24, 2.45) is 0 Å². The van der Waals surface area contributed by atoms with Gasteiger partial charge in [0.2, 0.25) is 0 Å². The maximum Gasteiger partial charge on any atom is 0 e. The Morgan fingerprint density at radius 2 is 0.882 bits per heavy atom. The molecule has 0 spiro atoms. The Kier molecular flexibility index (Phi) is 6.51. The molecule has 2 aromatic carbocycles. The van der Waals surface area contributed by atoms with Gasteiger partial charge in [-0.3, -0.25) is 0 Å². The third-order valence-corrected chi connectivity index (χ3v) is 2.29. The zero-order valence-electron chi connectivity index (χ0n) is 9.58. The normalized spacial score (nSPS) is 10.6. The Labute approximate surface area is 122 Å². The average Bonchev–Trinajstić information content (AvgIpc) is 2.37. The van der Waals surface area contributed by atoms with Crippen LogP contribution in [0.5, 0.6) is 0 Å². The van der Waals surface area contributed by atoms with E-state index in [1.807, 2.05) is 36.4 Å². The summed E-state index contributed by atoms with van der Waals surface area (Å²) in [6.07, 6.45) is 8.31. The van der Waals surface area contributed by atoms with Crippen LogP contribution < -0.4 is 0 Å². The monoisotopic (exact) mass is 296 g/mol. The molecule has 0 bridgehead atoms. The van der Waals surface area contributed by atoms with E-state index in [0.29, 0.717) is 0 Å². The SMILES string of the molecule is C(C=Cc1ccccc1)=Cc1ccccc1.[Zr]. The Morgan fingerprint density at radius 1 is 0.529 bits per heavy atom. The average molecular weight is 298 g/mol. The van der Waals surface area contributed by atoms with Crippen molar-refractivity contribution in [3.05, 3.63) is 83.9 Å². The van der Waals surface area contributed by atoms with E-state index < -0.39 is 0 Å². The van der Waals surface area contributed by atoms with Gasteiger partial charge in [0.15, 0.2) is 0 Å². The minimum Gasteiger partial charge on any atom is -0.0622 e. The van der Waals surface area contributed by atoms with Crippen molar-refractivity contribution in [2.45, 2.75) is 0 Å². The molecule has 0 fully saturated rings. The van der Waals surface area contributed by atoms with Gasteiger partial charge in [-0.1, -0.05) is 85.0 Å². The molecule has 0 N–H and O–H groups in total. The van der Waals surface area contributed by atoms with E-state index in [1.165, 1.54) is 11.1 Å². The summed E-state index contributed by atoms with van der Waals surface area (Å²) >= 11 is 0. The first-order chi connectivity index (χ1) is 7.95. The quantitative estimate of drug-likeness (QED) is 0.736. The number of hydrogen-bond donors (Lipinski definition) is 0. The van der Waals surface area contributed by atoms with Crippen LogP contribution in [0.1, 0.15) is 11.1 Å². The van der Waals surface area contributed by atoms with Crippen LogP contribution in [0.3, 0.4) is 0 Å². The number of benzene rings is 2. The topological polar surface area (TPSA) is 0 Å². The van der Waals surface area contributed by atoms with Gasteiger partial charge >= 0.3 is 0 Å². The van der Waals surface area contributed by atoms with E-state index in [0.717, 1.165) is 0 Å². The smallest absolute Gasteiger partial charge is 0 e. The first-order valence-corrected chi connectivity index (χ1v) is 5.40. The molecule has 0 radical (unpaired) electrons. The molecule has 0 heterocycles. The fraction of sp³-hybridized carbons (Fsp3) is 0. The molecule has 0 saturated carbocycles. The molecule has 0 aromatic heterocycles. The zero-order valence-corrected chi connectivity index (χ0v) is 12.0. The third kappa shape index (κ3) is 5.10. The first kappa shape index (κ1) is 13.9. The van der Waals surface area contributed by atoms with Crippen LogP contribution in [0.2, 0.25) is 0 Å². The van der Waals surface area contributed by atoms with Crippen LogP contribution in [-0.4, -0.2) is 0 Å². The molecule has 0 aliphatic carbocycles. The van der Waals surface area contributed by atoms with Crippen molar-refractivity contribution in [2.75, 3.05) is 0 Å². The Morgan fingerprint density at radius 3 is 1.24 bits per heavy atom. The standard InChI is InChI=1S/C16H14.Zr/c1-3-9-15(10-4-1)13-7-8-14-16-11-5-2-6-12-16;/h1-14H;. The maximum atomic E-state index is 2.10. The van der Waals surface area contributed by atoms with Gasteiger partial charge in [-0.15, -0.1) is 0 Å². The van der Waals surface area contributed by atoms with Crippen molar-refractivity contribution in [3.8, 4) is 0 Å². The minimum atomic E-state index is 0. The van der Waals surface area contributed by atoms with Gasteiger partial charge in [-0.2, -0.15) is 0 Å². The molecule has 0 atom stereocenters. The second-order valence-corrected chi connectivity index (χ2v) is 3.54. The Balaban J connectivity index is 0.00000144. The molecule has 0 aliphatic rings. The molecular weight excluding hydrogens is 283 g/mol. The van der Waals surface area contributed by atoms with Crippen molar-refractivity contribution in [1.29, 1.82) is 0 Å². The molecule has 0 amide bonds. The van der Waals surface area contributed by atoms with Crippen LogP contribution >= 0.6 is 0 Å². The van der Waals surface area contributed by atoms with Crippen LogP contribution in [0.15, 0.2) is 72.8 Å². The fourth-order valence-electron chi connectivity index (χ4n) is 1.46. The van der Waals surface area contributed by atoms with E-state index >= 15 is 0 Å². The third-order valence-electron chi connectivity index (χ3n) is 2.29. The summed E-state index contributed by atoms with van der Waals surface area (Å²) in [5.41, 5.74) is 2.44. The van der Waals surface area contributed by atoms with Crippen LogP contribution in [-0.2, 0) is 26.2 Å². The van der Waals surface area contributed by atoms with E-state index in [1.54, 1.807) is 0 Å². The van der Waals surface area contributed by atoms with Crippen molar-refractivity contribution in [3.63, 3.8) is 0 Å². The van der Waals surface area contributed by atoms with E-state index in [4.69, 9.17) is 0 Å². The summed E-state index contributed by atoms with van der Waals surface area (Å²) in [7, 11) is 0. The van der Waals surface area contributed by atoms with Gasteiger partial charge in [0.25, 0.3) is 0 Å². The molecule has 2 rings (SSSR count). The molecule has 0 unspecified atom stereocenters. The van der Waals surface area contributed by atoms with Gasteiger partial charge in [-0.25, -0.2) is 0 Å². The van der Waals surface area contributed by atoms with E-state index in [2.05, 4.69) is 48.6 Å². The van der Waals surface area contributed by atoms with Gasteiger partial charge in [0.1, 0.15) is 0 Å². The van der Waals surface area contributed by atoms with Crippen LogP contribution in [0, 0.1) is 0 Å². The second kappa shape index (κ2) is 7.98. The second-order valence-electron chi connectivity index (χ2n) is 3.54. The predicted molar refractivity (Wildman–Crippen MR) is 71.0 cm³/mol. The molecular formula is C16H14Zr. The summed E-state index contributed by atoms with van der Waals surface area (Å²) in [6, 6.07) is 20.6. The Hall–Kier alpha value is -1.20. The van der Waals surface area contributed by atoms with E-state index in [9.17, 15) is 0 Å². The number of hydrogen-bond acceptors (Lipinski definition) is 0. The molecule has 17 heavy (non-hydrogen) atoms. The van der Waals surface area contributed by atoms with Crippen LogP contribution in [0.4, 0.5) is 0 Å². The minimum absolute atomic E-state index is 0. The van der Waals surface area contributed by atoms with Gasteiger partial charge in [-0.05, 0) is 11.1 Å². The first-order valence-electron chi connectivity index (χ1n) is 5.40. The van der Waals surface area contributed by atoms with Gasteiger partial charge in [0, 0.05) is 26.2 Å². The predicted octanol–water partition coefficient (Wildman–Crippen LogP) is 4.41. The van der Waals surface area contributed by atoms with Gasteiger partial charge < -0.3 is 0 Å². The summed E-state index contributed by atoms with van der Waals surface area (Å²) < 4.78 is 0. The van der Waals surface area contributed by atoms with E-state index in [-0.39, 0.29) is 26.2 Å². The van der Waals surface area contributed by atoms with Crippen molar-refractivity contribution >= 4 is 12.2 Å². The molecule has 2 aromatic rings. The summed E-state index contributed by atoms with van der Waals surface area (Å²) in [5, 5.41) is 0. The summed E-state index contributed by atoms with van der Waals surface area (Å²) in [6.45, 7) is 0. The molecule has 0 aliphatic heterocycles. The van der Waals surface area contributed by atoms with Crippen molar-refractivity contribution in [1.82, 2.24) is 0 Å². The maximum absolute atomic E-state index is 2.10. The molecule has 1 heteroatoms. The summed E-state index contributed by atoms with van der Waals surface area (Å²) in [5.74, 6) is 0. The molecule has 0 nitrogen and oxygen atoms in total. The van der Waals surface area contributed by atoms with Gasteiger partial charge in [0.05, 0.1) is 0 Å².